The first kappa shape index (κ1) is 17.9. The van der Waals surface area contributed by atoms with Gasteiger partial charge in [0.2, 0.25) is 0 Å². The first-order valence-corrected chi connectivity index (χ1v) is 8.81. The van der Waals surface area contributed by atoms with E-state index in [0.29, 0.717) is 22.3 Å². The molecule has 0 aliphatic carbocycles. The smallest absolute Gasteiger partial charge is 0.267 e. The van der Waals surface area contributed by atoms with Gasteiger partial charge in [0.25, 0.3) is 17.7 Å². The molecule has 0 atom stereocenters. The van der Waals surface area contributed by atoms with E-state index in [0.717, 1.165) is 10.5 Å². The van der Waals surface area contributed by atoms with Crippen molar-refractivity contribution < 1.29 is 14.4 Å². The summed E-state index contributed by atoms with van der Waals surface area (Å²) in [5.74, 6) is -1.49. The fourth-order valence-electron chi connectivity index (χ4n) is 3.36. The van der Waals surface area contributed by atoms with Crippen molar-refractivity contribution in [3.05, 3.63) is 82.1 Å². The summed E-state index contributed by atoms with van der Waals surface area (Å²) in [6.07, 6.45) is 1.47. The molecule has 28 heavy (non-hydrogen) atoms. The first-order valence-electron chi connectivity index (χ1n) is 8.43. The van der Waals surface area contributed by atoms with Gasteiger partial charge in [-0.3, -0.25) is 19.4 Å². The maximum Gasteiger partial charge on any atom is 0.267 e. The van der Waals surface area contributed by atoms with Gasteiger partial charge in [-0.1, -0.05) is 35.9 Å². The van der Waals surface area contributed by atoms with E-state index >= 15 is 0 Å². The molecular formula is C21H14ClN3O3. The predicted molar refractivity (Wildman–Crippen MR) is 106 cm³/mol. The summed E-state index contributed by atoms with van der Waals surface area (Å²) < 4.78 is 0. The highest BCUT2D eigenvalue weighted by Gasteiger charge is 2.38. The Morgan fingerprint density at radius 3 is 2.46 bits per heavy atom. The van der Waals surface area contributed by atoms with E-state index in [1.165, 1.54) is 6.20 Å². The SMILES string of the molecule is Cc1cccc2c1C(=O)N(c1ccc(-c3cccnc3C(N)=O)cc1Cl)C2=O. The van der Waals surface area contributed by atoms with Gasteiger partial charge < -0.3 is 5.73 Å². The number of amides is 3. The quantitative estimate of drug-likeness (QED) is 0.690. The molecule has 138 valence electrons. The van der Waals surface area contributed by atoms with Crippen LogP contribution in [0.5, 0.6) is 0 Å². The second-order valence-corrected chi connectivity index (χ2v) is 6.78. The third-order valence-electron chi connectivity index (χ3n) is 4.66. The average molecular weight is 392 g/mol. The Kier molecular flexibility index (Phi) is 4.20. The van der Waals surface area contributed by atoms with Crippen LogP contribution in [0.15, 0.2) is 54.7 Å². The first-order chi connectivity index (χ1) is 13.4. The lowest BCUT2D eigenvalue weighted by atomic mass is 10.0. The number of carbonyl (C=O) groups excluding carboxylic acids is 3. The number of aromatic nitrogens is 1. The maximum atomic E-state index is 12.9. The summed E-state index contributed by atoms with van der Waals surface area (Å²) in [5, 5.41) is 0.198. The lowest BCUT2D eigenvalue weighted by Gasteiger charge is -2.17. The molecule has 0 bridgehead atoms. The fourth-order valence-corrected chi connectivity index (χ4v) is 3.63. The molecule has 3 amide bonds. The summed E-state index contributed by atoms with van der Waals surface area (Å²) in [6, 6.07) is 13.3. The highest BCUT2D eigenvalue weighted by molar-refractivity contribution is 6.40. The molecule has 3 aromatic rings. The number of hydrogen-bond acceptors (Lipinski definition) is 4. The predicted octanol–water partition coefficient (Wildman–Crippen LogP) is 3.61. The zero-order chi connectivity index (χ0) is 20.0. The van der Waals surface area contributed by atoms with Gasteiger partial charge in [-0.2, -0.15) is 0 Å². The standard InChI is InChI=1S/C21H14ClN3O3/c1-11-4-2-5-14-17(11)21(28)25(20(14)27)16-8-7-12(10-15(16)22)13-6-3-9-24-18(13)19(23)26/h2-10H,1H3,(H2,23,26). The molecule has 0 radical (unpaired) electrons. The number of benzene rings is 2. The van der Waals surface area contributed by atoms with Gasteiger partial charge in [0.05, 0.1) is 21.8 Å². The second-order valence-electron chi connectivity index (χ2n) is 6.37. The summed E-state index contributed by atoms with van der Waals surface area (Å²) in [4.78, 5) is 42.3. The molecular weight excluding hydrogens is 378 g/mol. The molecule has 2 N–H and O–H groups in total. The number of imide groups is 1. The lowest BCUT2D eigenvalue weighted by molar-refractivity contribution is 0.0924. The highest BCUT2D eigenvalue weighted by Crippen LogP contribution is 2.37. The van der Waals surface area contributed by atoms with Crippen molar-refractivity contribution in [2.75, 3.05) is 4.90 Å². The largest absolute Gasteiger partial charge is 0.364 e. The number of halogens is 1. The van der Waals surface area contributed by atoms with Crippen molar-refractivity contribution in [2.24, 2.45) is 5.73 Å². The molecule has 6 nitrogen and oxygen atoms in total. The van der Waals surface area contributed by atoms with Crippen molar-refractivity contribution in [1.82, 2.24) is 4.98 Å². The molecule has 2 heterocycles. The van der Waals surface area contributed by atoms with E-state index in [4.69, 9.17) is 17.3 Å². The zero-order valence-corrected chi connectivity index (χ0v) is 15.5. The van der Waals surface area contributed by atoms with Crippen LogP contribution in [-0.4, -0.2) is 22.7 Å². The zero-order valence-electron chi connectivity index (χ0n) is 14.8. The molecule has 0 saturated heterocycles. The van der Waals surface area contributed by atoms with Crippen LogP contribution in [0, 0.1) is 6.92 Å². The Hall–Kier alpha value is -3.51. The Labute approximate surface area is 165 Å². The van der Waals surface area contributed by atoms with Crippen molar-refractivity contribution in [3.63, 3.8) is 0 Å². The van der Waals surface area contributed by atoms with Crippen LogP contribution in [0.3, 0.4) is 0 Å². The van der Waals surface area contributed by atoms with Crippen LogP contribution in [0.1, 0.15) is 36.8 Å². The number of fused-ring (bicyclic) bond motifs is 1. The van der Waals surface area contributed by atoms with Crippen LogP contribution in [0.2, 0.25) is 5.02 Å². The van der Waals surface area contributed by atoms with Gasteiger partial charge in [-0.25, -0.2) is 4.90 Å². The minimum absolute atomic E-state index is 0.114. The number of nitrogens with zero attached hydrogens (tertiary/aromatic N) is 2. The maximum absolute atomic E-state index is 12.9. The summed E-state index contributed by atoms with van der Waals surface area (Å²) >= 11 is 6.42. The second kappa shape index (κ2) is 6.58. The topological polar surface area (TPSA) is 93.4 Å². The van der Waals surface area contributed by atoms with E-state index in [-0.39, 0.29) is 16.4 Å². The average Bonchev–Trinajstić information content (AvgIpc) is 2.93. The number of aryl methyl sites for hydroxylation is 1. The van der Waals surface area contributed by atoms with E-state index in [2.05, 4.69) is 4.98 Å². The van der Waals surface area contributed by atoms with E-state index in [1.807, 2.05) is 0 Å². The minimum atomic E-state index is -0.661. The van der Waals surface area contributed by atoms with Crippen LogP contribution in [-0.2, 0) is 0 Å². The van der Waals surface area contributed by atoms with Crippen molar-refractivity contribution in [2.45, 2.75) is 6.92 Å². The molecule has 1 aliphatic rings. The van der Waals surface area contributed by atoms with Gasteiger partial charge in [0.1, 0.15) is 5.69 Å². The molecule has 0 fully saturated rings. The van der Waals surface area contributed by atoms with Crippen molar-refractivity contribution in [1.29, 1.82) is 0 Å². The lowest BCUT2D eigenvalue weighted by Crippen LogP contribution is -2.29. The van der Waals surface area contributed by atoms with Gasteiger partial charge in [-0.05, 0) is 42.3 Å². The normalized spacial score (nSPS) is 13.0. The van der Waals surface area contributed by atoms with Crippen molar-refractivity contribution in [3.8, 4) is 11.1 Å². The molecule has 0 saturated carbocycles. The number of rotatable bonds is 3. The number of hydrogen-bond donors (Lipinski definition) is 1. The van der Waals surface area contributed by atoms with Gasteiger partial charge in [0.15, 0.2) is 0 Å². The number of carbonyl (C=O) groups is 3. The molecule has 0 spiro atoms. The number of primary amides is 1. The van der Waals surface area contributed by atoms with E-state index in [9.17, 15) is 14.4 Å². The minimum Gasteiger partial charge on any atom is -0.364 e. The molecule has 0 unspecified atom stereocenters. The van der Waals surface area contributed by atoms with Crippen molar-refractivity contribution >= 4 is 35.0 Å². The summed E-state index contributed by atoms with van der Waals surface area (Å²) in [7, 11) is 0. The third-order valence-corrected chi connectivity index (χ3v) is 4.97. The van der Waals surface area contributed by atoms with E-state index < -0.39 is 17.7 Å². The van der Waals surface area contributed by atoms with Gasteiger partial charge in [-0.15, -0.1) is 0 Å². The van der Waals surface area contributed by atoms with Crippen LogP contribution >= 0.6 is 11.6 Å². The van der Waals surface area contributed by atoms with E-state index in [1.54, 1.807) is 55.5 Å². The fraction of sp³-hybridized carbons (Fsp3) is 0.0476. The van der Waals surface area contributed by atoms with Gasteiger partial charge in [0, 0.05) is 11.8 Å². The summed E-state index contributed by atoms with van der Waals surface area (Å²) in [6.45, 7) is 1.78. The Bertz CT molecular complexity index is 1170. The monoisotopic (exact) mass is 391 g/mol. The number of nitrogens with two attached hydrogens (primary N) is 1. The number of pyridine rings is 1. The Morgan fingerprint density at radius 1 is 1.04 bits per heavy atom. The molecule has 2 aromatic carbocycles. The number of anilines is 1. The third kappa shape index (κ3) is 2.66. The van der Waals surface area contributed by atoms with Crippen LogP contribution < -0.4 is 10.6 Å². The van der Waals surface area contributed by atoms with Crippen LogP contribution in [0.25, 0.3) is 11.1 Å². The molecule has 4 rings (SSSR count). The Morgan fingerprint density at radius 2 is 1.79 bits per heavy atom. The molecule has 1 aromatic heterocycles. The highest BCUT2D eigenvalue weighted by atomic mass is 35.5. The Balaban J connectivity index is 1.79. The molecule has 1 aliphatic heterocycles. The summed E-state index contributed by atoms with van der Waals surface area (Å²) in [5.41, 5.74) is 8.36. The van der Waals surface area contributed by atoms with Gasteiger partial charge >= 0.3 is 0 Å². The van der Waals surface area contributed by atoms with Crippen LogP contribution in [0.4, 0.5) is 5.69 Å². The molecule has 7 heteroatoms.